The first kappa shape index (κ1) is 27.8. The van der Waals surface area contributed by atoms with Gasteiger partial charge in [0.1, 0.15) is 5.69 Å². The highest BCUT2D eigenvalue weighted by Gasteiger charge is 2.46. The molecule has 4 aromatic rings. The zero-order valence-corrected chi connectivity index (χ0v) is 23.3. The highest BCUT2D eigenvalue weighted by molar-refractivity contribution is 6.31. The number of benzene rings is 1. The predicted octanol–water partition coefficient (Wildman–Crippen LogP) is 6.01. The molecule has 1 aromatic carbocycles. The number of amides is 2. The standard InChI is InChI=1S/C29H25ClF3N7O2/c1-14-24(39-12-16-3-4-18(16)29(39)42)8-7-21(36-14)15(2)40-13-17(9-35-40)37-28(41)23-11-34-10-22(38-23)25-19(27(32)33)5-6-20(30)26(25)31/h5-11,13,15-16,18,27H,3-4,12H2,1-2H3,(H,37,41)/t15?,16-,18-/m1/s1. The lowest BCUT2D eigenvalue weighted by molar-refractivity contribution is -0.123. The van der Waals surface area contributed by atoms with Crippen molar-refractivity contribution in [2.24, 2.45) is 11.8 Å². The van der Waals surface area contributed by atoms with E-state index in [9.17, 15) is 22.8 Å². The third-order valence-corrected chi connectivity index (χ3v) is 8.25. The molecule has 1 aliphatic heterocycles. The number of alkyl halides is 2. The van der Waals surface area contributed by atoms with Crippen LogP contribution in [0.3, 0.4) is 0 Å². The normalized spacial score (nSPS) is 18.6. The number of rotatable bonds is 7. The molecule has 2 aliphatic rings. The van der Waals surface area contributed by atoms with Crippen molar-refractivity contribution < 1.29 is 22.8 Å². The summed E-state index contributed by atoms with van der Waals surface area (Å²) in [6.07, 6.45) is 4.33. The highest BCUT2D eigenvalue weighted by Crippen LogP contribution is 2.43. The Bertz CT molecular complexity index is 1710. The number of hydrogen-bond acceptors (Lipinski definition) is 6. The summed E-state index contributed by atoms with van der Waals surface area (Å²) in [6, 6.07) is 5.53. The minimum absolute atomic E-state index is 0.141. The Labute approximate surface area is 243 Å². The molecule has 1 unspecified atom stereocenters. The lowest BCUT2D eigenvalue weighted by atomic mass is 9.76. The molecule has 0 bridgehead atoms. The summed E-state index contributed by atoms with van der Waals surface area (Å²) < 4.78 is 43.4. The van der Waals surface area contributed by atoms with E-state index in [0.717, 1.165) is 61.0 Å². The van der Waals surface area contributed by atoms with Gasteiger partial charge in [-0.3, -0.25) is 24.2 Å². The molecule has 216 valence electrons. The quantitative estimate of drug-likeness (QED) is 0.281. The van der Waals surface area contributed by atoms with E-state index < -0.39 is 29.3 Å². The Kier molecular flexibility index (Phi) is 7.17. The third kappa shape index (κ3) is 4.89. The molecule has 42 heavy (non-hydrogen) atoms. The second kappa shape index (κ2) is 10.8. The Morgan fingerprint density at radius 2 is 1.93 bits per heavy atom. The van der Waals surface area contributed by atoms with Gasteiger partial charge >= 0.3 is 0 Å². The van der Waals surface area contributed by atoms with Crippen LogP contribution in [0, 0.1) is 24.6 Å². The fourth-order valence-electron chi connectivity index (χ4n) is 5.49. The molecule has 6 rings (SSSR count). The van der Waals surface area contributed by atoms with Crippen LogP contribution in [-0.4, -0.2) is 43.1 Å². The van der Waals surface area contributed by atoms with Gasteiger partial charge in [-0.15, -0.1) is 0 Å². The van der Waals surface area contributed by atoms with Crippen molar-refractivity contribution in [2.75, 3.05) is 16.8 Å². The molecule has 3 atom stereocenters. The van der Waals surface area contributed by atoms with Crippen molar-refractivity contribution in [2.45, 2.75) is 39.2 Å². The number of hydrogen-bond donors (Lipinski definition) is 1. The maximum absolute atomic E-state index is 14.7. The summed E-state index contributed by atoms with van der Waals surface area (Å²) in [4.78, 5) is 40.2. The molecule has 1 saturated heterocycles. The molecule has 9 nitrogen and oxygen atoms in total. The zero-order valence-electron chi connectivity index (χ0n) is 22.6. The summed E-state index contributed by atoms with van der Waals surface area (Å²) in [5, 5.41) is 6.63. The van der Waals surface area contributed by atoms with Gasteiger partial charge in [-0.2, -0.15) is 5.10 Å². The van der Waals surface area contributed by atoms with E-state index in [4.69, 9.17) is 16.6 Å². The number of anilines is 2. The minimum Gasteiger partial charge on any atom is -0.318 e. The smallest absolute Gasteiger partial charge is 0.275 e. The molecule has 13 heteroatoms. The van der Waals surface area contributed by atoms with Gasteiger partial charge in [-0.25, -0.2) is 18.2 Å². The fraction of sp³-hybridized carbons (Fsp3) is 0.310. The van der Waals surface area contributed by atoms with Gasteiger partial charge in [-0.05, 0) is 50.8 Å². The van der Waals surface area contributed by atoms with Crippen molar-refractivity contribution in [1.82, 2.24) is 24.7 Å². The highest BCUT2D eigenvalue weighted by atomic mass is 35.5. The van der Waals surface area contributed by atoms with Gasteiger partial charge in [-0.1, -0.05) is 17.7 Å². The number of aryl methyl sites for hydroxylation is 1. The maximum atomic E-state index is 14.7. The van der Waals surface area contributed by atoms with E-state index in [-0.39, 0.29) is 34.3 Å². The number of carbonyl (C=O) groups is 2. The number of pyridine rings is 1. The van der Waals surface area contributed by atoms with Crippen LogP contribution < -0.4 is 10.2 Å². The van der Waals surface area contributed by atoms with Crippen LogP contribution in [0.5, 0.6) is 0 Å². The third-order valence-electron chi connectivity index (χ3n) is 7.96. The molecule has 2 amide bonds. The van der Waals surface area contributed by atoms with E-state index >= 15 is 0 Å². The Morgan fingerprint density at radius 1 is 1.12 bits per heavy atom. The number of nitrogens with one attached hydrogen (secondary N) is 1. The second-order valence-corrected chi connectivity index (χ2v) is 10.9. The molecule has 0 radical (unpaired) electrons. The summed E-state index contributed by atoms with van der Waals surface area (Å²) in [7, 11) is 0. The summed E-state index contributed by atoms with van der Waals surface area (Å²) in [5.74, 6) is -1.02. The minimum atomic E-state index is -2.99. The Morgan fingerprint density at radius 3 is 2.60 bits per heavy atom. The van der Waals surface area contributed by atoms with E-state index in [1.165, 1.54) is 6.20 Å². The monoisotopic (exact) mass is 595 g/mol. The fourth-order valence-corrected chi connectivity index (χ4v) is 5.65. The Hall–Kier alpha value is -4.32. The lowest BCUT2D eigenvalue weighted by Crippen LogP contribution is -2.29. The SMILES string of the molecule is Cc1nc(C(C)n2cc(NC(=O)c3cncc(-c4c(C(F)F)ccc(Cl)c4F)n3)cn2)ccc1N1C[C@H]2CC[C@H]2C1=O. The first-order valence-corrected chi connectivity index (χ1v) is 13.7. The van der Waals surface area contributed by atoms with Gasteiger partial charge < -0.3 is 10.2 Å². The van der Waals surface area contributed by atoms with Crippen molar-refractivity contribution in [1.29, 1.82) is 0 Å². The van der Waals surface area contributed by atoms with Gasteiger partial charge in [0.2, 0.25) is 5.91 Å². The molecule has 1 saturated carbocycles. The van der Waals surface area contributed by atoms with Crippen LogP contribution >= 0.6 is 11.6 Å². The number of nitrogens with zero attached hydrogens (tertiary/aromatic N) is 6. The van der Waals surface area contributed by atoms with Crippen LogP contribution in [0.2, 0.25) is 5.02 Å². The lowest BCUT2D eigenvalue weighted by Gasteiger charge is -2.25. The van der Waals surface area contributed by atoms with E-state index in [0.29, 0.717) is 11.6 Å². The largest absolute Gasteiger partial charge is 0.318 e. The van der Waals surface area contributed by atoms with Crippen LogP contribution in [0.25, 0.3) is 11.3 Å². The van der Waals surface area contributed by atoms with Crippen LogP contribution in [0.15, 0.2) is 49.1 Å². The number of aromatic nitrogens is 5. The van der Waals surface area contributed by atoms with Crippen molar-refractivity contribution >= 4 is 34.8 Å². The molecule has 2 fully saturated rings. The van der Waals surface area contributed by atoms with Crippen molar-refractivity contribution in [3.05, 3.63) is 82.5 Å². The van der Waals surface area contributed by atoms with Gasteiger partial charge in [0.15, 0.2) is 5.82 Å². The molecule has 3 aromatic heterocycles. The average Bonchev–Trinajstić information content (AvgIpc) is 3.50. The Balaban J connectivity index is 1.18. The topological polar surface area (TPSA) is 106 Å². The van der Waals surface area contributed by atoms with Gasteiger partial charge in [0.05, 0.1) is 58.1 Å². The van der Waals surface area contributed by atoms with E-state index in [2.05, 4.69) is 20.4 Å². The average molecular weight is 596 g/mol. The van der Waals surface area contributed by atoms with Crippen LogP contribution in [-0.2, 0) is 4.79 Å². The van der Waals surface area contributed by atoms with E-state index in [1.54, 1.807) is 10.9 Å². The second-order valence-electron chi connectivity index (χ2n) is 10.5. The van der Waals surface area contributed by atoms with Gasteiger partial charge in [0.25, 0.3) is 12.3 Å². The van der Waals surface area contributed by atoms with Gasteiger partial charge in [0, 0.05) is 29.8 Å². The van der Waals surface area contributed by atoms with Crippen molar-refractivity contribution in [3.8, 4) is 11.3 Å². The summed E-state index contributed by atoms with van der Waals surface area (Å²) >= 11 is 5.81. The van der Waals surface area contributed by atoms with Crippen LogP contribution in [0.4, 0.5) is 24.5 Å². The van der Waals surface area contributed by atoms with E-state index in [1.807, 2.05) is 30.9 Å². The van der Waals surface area contributed by atoms with Crippen molar-refractivity contribution in [3.63, 3.8) is 0 Å². The first-order valence-electron chi connectivity index (χ1n) is 13.3. The molecule has 1 N–H and O–H groups in total. The zero-order chi connectivity index (χ0) is 29.7. The predicted molar refractivity (Wildman–Crippen MR) is 149 cm³/mol. The summed E-state index contributed by atoms with van der Waals surface area (Å²) in [6.45, 7) is 4.51. The first-order chi connectivity index (χ1) is 20.1. The molecular formula is C29H25ClF3N7O2. The molecule has 1 aliphatic carbocycles. The maximum Gasteiger partial charge on any atom is 0.275 e. The molecular weight excluding hydrogens is 571 g/mol. The molecule has 0 spiro atoms. The number of carbonyl (C=O) groups excluding carboxylic acids is 2. The summed E-state index contributed by atoms with van der Waals surface area (Å²) in [5.41, 5.74) is 1.03. The van der Waals surface area contributed by atoms with Crippen LogP contribution in [0.1, 0.15) is 59.7 Å². The number of halogens is 4. The molecule has 4 heterocycles. The number of fused-ring (bicyclic) bond motifs is 1.